The molecule has 0 aliphatic carbocycles. The topological polar surface area (TPSA) is 3.24 Å². The maximum absolute atomic E-state index is 2.77. The summed E-state index contributed by atoms with van der Waals surface area (Å²) in [5.41, 5.74) is 6.58. The number of anilines is 1. The Labute approximate surface area is 153 Å². The Morgan fingerprint density at radius 1 is 1.00 bits per heavy atom. The second-order valence-electron chi connectivity index (χ2n) is 9.23. The van der Waals surface area contributed by atoms with Crippen molar-refractivity contribution in [3.8, 4) is 0 Å². The van der Waals surface area contributed by atoms with Crippen molar-refractivity contribution in [3.63, 3.8) is 0 Å². The minimum absolute atomic E-state index is 0.224. The summed E-state index contributed by atoms with van der Waals surface area (Å²) in [5.74, 6) is 1.20. The van der Waals surface area contributed by atoms with Gasteiger partial charge in [-0.1, -0.05) is 76.2 Å². The monoisotopic (exact) mass is 333 g/mol. The van der Waals surface area contributed by atoms with Crippen LogP contribution in [0, 0.1) is 0 Å². The molecule has 2 aliphatic heterocycles. The normalized spacial score (nSPS) is 31.1. The lowest BCUT2D eigenvalue weighted by atomic mass is 9.73. The van der Waals surface area contributed by atoms with Crippen LogP contribution in [0.25, 0.3) is 0 Å². The summed E-state index contributed by atoms with van der Waals surface area (Å²) in [7, 11) is 0. The second-order valence-corrected chi connectivity index (χ2v) is 9.23. The minimum atomic E-state index is 0.224. The molecule has 4 rings (SSSR count). The third-order valence-corrected chi connectivity index (χ3v) is 6.67. The van der Waals surface area contributed by atoms with Crippen LogP contribution < -0.4 is 4.90 Å². The zero-order valence-corrected chi connectivity index (χ0v) is 16.3. The van der Waals surface area contributed by atoms with E-state index in [2.05, 4.69) is 88.0 Å². The number of hydrogen-bond acceptors (Lipinski definition) is 1. The van der Waals surface area contributed by atoms with Crippen LogP contribution in [0.1, 0.15) is 76.0 Å². The summed E-state index contributed by atoms with van der Waals surface area (Å²) in [4.78, 5) is 2.77. The van der Waals surface area contributed by atoms with E-state index in [1.165, 1.54) is 24.0 Å². The Balaban J connectivity index is 1.85. The second kappa shape index (κ2) is 5.62. The van der Waals surface area contributed by atoms with E-state index in [4.69, 9.17) is 0 Å². The van der Waals surface area contributed by atoms with Gasteiger partial charge in [-0.2, -0.15) is 0 Å². The molecule has 0 spiro atoms. The van der Waals surface area contributed by atoms with E-state index in [9.17, 15) is 0 Å². The summed E-state index contributed by atoms with van der Waals surface area (Å²) in [6, 6.07) is 18.1. The molecule has 1 nitrogen and oxygen atoms in total. The maximum atomic E-state index is 2.77. The predicted molar refractivity (Wildman–Crippen MR) is 108 cm³/mol. The molecular weight excluding hydrogens is 302 g/mol. The summed E-state index contributed by atoms with van der Waals surface area (Å²) in [5, 5.41) is 0. The fourth-order valence-electron chi connectivity index (χ4n) is 5.62. The number of nitrogens with zero attached hydrogens (tertiary/aromatic N) is 1. The lowest BCUT2D eigenvalue weighted by Crippen LogP contribution is -2.46. The molecule has 2 heterocycles. The highest BCUT2D eigenvalue weighted by atomic mass is 15.2. The fraction of sp³-hybridized carbons (Fsp3) is 0.500. The van der Waals surface area contributed by atoms with E-state index in [1.54, 1.807) is 11.3 Å². The van der Waals surface area contributed by atoms with Gasteiger partial charge in [0.2, 0.25) is 0 Å². The molecule has 25 heavy (non-hydrogen) atoms. The third kappa shape index (κ3) is 2.51. The molecular formula is C24H31N. The van der Waals surface area contributed by atoms with Gasteiger partial charge in [-0.25, -0.2) is 0 Å². The van der Waals surface area contributed by atoms with Gasteiger partial charge in [0.25, 0.3) is 0 Å². The number of para-hydroxylation sites is 1. The Morgan fingerprint density at radius 2 is 1.72 bits per heavy atom. The molecule has 2 aromatic carbocycles. The van der Waals surface area contributed by atoms with Crippen molar-refractivity contribution in [2.45, 2.75) is 70.3 Å². The molecule has 3 atom stereocenters. The number of rotatable bonds is 2. The molecule has 0 N–H and O–H groups in total. The summed E-state index contributed by atoms with van der Waals surface area (Å²) in [6.45, 7) is 13.2. The lowest BCUT2D eigenvalue weighted by Gasteiger charge is -2.46. The molecule has 2 aromatic rings. The third-order valence-electron chi connectivity index (χ3n) is 6.67. The molecule has 1 fully saturated rings. The van der Waals surface area contributed by atoms with Crippen molar-refractivity contribution in [1.82, 2.24) is 0 Å². The van der Waals surface area contributed by atoms with E-state index in [-0.39, 0.29) is 11.0 Å². The molecule has 1 saturated heterocycles. The highest BCUT2D eigenvalue weighted by molar-refractivity contribution is 5.67. The highest BCUT2D eigenvalue weighted by Gasteiger charge is 2.52. The zero-order chi connectivity index (χ0) is 17.8. The zero-order valence-electron chi connectivity index (χ0n) is 16.3. The van der Waals surface area contributed by atoms with Crippen LogP contribution in [-0.2, 0) is 5.41 Å². The van der Waals surface area contributed by atoms with E-state index in [0.29, 0.717) is 11.8 Å². The van der Waals surface area contributed by atoms with Crippen LogP contribution in [0.2, 0.25) is 0 Å². The maximum Gasteiger partial charge on any atom is 0.0441 e. The van der Waals surface area contributed by atoms with Crippen molar-refractivity contribution >= 4 is 5.69 Å². The molecule has 0 bridgehead atoms. The van der Waals surface area contributed by atoms with Crippen molar-refractivity contribution in [1.29, 1.82) is 0 Å². The Morgan fingerprint density at radius 3 is 2.40 bits per heavy atom. The Hall–Kier alpha value is -1.76. The van der Waals surface area contributed by atoms with Crippen molar-refractivity contribution in [3.05, 3.63) is 65.2 Å². The molecule has 1 heteroatoms. The van der Waals surface area contributed by atoms with Gasteiger partial charge in [0, 0.05) is 23.2 Å². The van der Waals surface area contributed by atoms with Crippen molar-refractivity contribution in [2.75, 3.05) is 11.4 Å². The van der Waals surface area contributed by atoms with E-state index < -0.39 is 0 Å². The van der Waals surface area contributed by atoms with Crippen LogP contribution in [0.4, 0.5) is 5.69 Å². The van der Waals surface area contributed by atoms with Gasteiger partial charge in [-0.05, 0) is 48.3 Å². The van der Waals surface area contributed by atoms with E-state index >= 15 is 0 Å². The minimum Gasteiger partial charge on any atom is -0.365 e. The van der Waals surface area contributed by atoms with Crippen molar-refractivity contribution < 1.29 is 0 Å². The van der Waals surface area contributed by atoms with Gasteiger partial charge >= 0.3 is 0 Å². The quantitative estimate of drug-likeness (QED) is 0.628. The van der Waals surface area contributed by atoms with Gasteiger partial charge in [-0.15, -0.1) is 0 Å². The number of hydrogen-bond donors (Lipinski definition) is 0. The molecule has 0 aromatic heterocycles. The fourth-order valence-corrected chi connectivity index (χ4v) is 5.62. The first-order valence-electron chi connectivity index (χ1n) is 9.80. The van der Waals surface area contributed by atoms with Crippen molar-refractivity contribution in [2.24, 2.45) is 0 Å². The largest absolute Gasteiger partial charge is 0.365 e. The number of fused-ring (bicyclic) bond motifs is 3. The van der Waals surface area contributed by atoms with Gasteiger partial charge in [0.05, 0.1) is 0 Å². The summed E-state index contributed by atoms with van der Waals surface area (Å²) in [6.07, 6.45) is 2.49. The molecule has 3 unspecified atom stereocenters. The molecule has 0 amide bonds. The standard InChI is InChI=1S/C24H31N/c1-17(2)20-12-9-13-21-18(3)14-24(5)15-23(4,16-25(24)22(20)21)19-10-7-6-8-11-19/h6-13,17-18H,14-16H2,1-5H3. The van der Waals surface area contributed by atoms with Gasteiger partial charge in [-0.3, -0.25) is 0 Å². The van der Waals surface area contributed by atoms with Crippen LogP contribution >= 0.6 is 0 Å². The first kappa shape index (κ1) is 16.7. The molecule has 0 saturated carbocycles. The van der Waals surface area contributed by atoms with Crippen LogP contribution in [0.15, 0.2) is 48.5 Å². The molecule has 0 radical (unpaired) electrons. The highest BCUT2D eigenvalue weighted by Crippen LogP contribution is 2.55. The predicted octanol–water partition coefficient (Wildman–Crippen LogP) is 6.24. The molecule has 132 valence electrons. The first-order chi connectivity index (χ1) is 11.8. The Bertz CT molecular complexity index is 764. The van der Waals surface area contributed by atoms with Crippen LogP contribution in [-0.4, -0.2) is 12.1 Å². The van der Waals surface area contributed by atoms with Crippen LogP contribution in [0.3, 0.4) is 0 Å². The molecule has 2 aliphatic rings. The average molecular weight is 334 g/mol. The Kier molecular flexibility index (Phi) is 3.76. The SMILES string of the molecule is CC(C)c1cccc2c1N1CC(C)(c3ccccc3)CC1(C)CC2C. The first-order valence-corrected chi connectivity index (χ1v) is 9.80. The van der Waals surface area contributed by atoms with Gasteiger partial charge in [0.1, 0.15) is 0 Å². The smallest absolute Gasteiger partial charge is 0.0441 e. The van der Waals surface area contributed by atoms with Gasteiger partial charge < -0.3 is 4.90 Å². The lowest BCUT2D eigenvalue weighted by molar-refractivity contribution is 0.356. The number of benzene rings is 2. The van der Waals surface area contributed by atoms with Gasteiger partial charge in [0.15, 0.2) is 0 Å². The summed E-state index contributed by atoms with van der Waals surface area (Å²) >= 11 is 0. The van der Waals surface area contributed by atoms with Crippen LogP contribution in [0.5, 0.6) is 0 Å². The van der Waals surface area contributed by atoms with E-state index in [1.807, 2.05) is 0 Å². The van der Waals surface area contributed by atoms with E-state index in [0.717, 1.165) is 6.54 Å². The average Bonchev–Trinajstić information content (AvgIpc) is 2.87. The summed E-state index contributed by atoms with van der Waals surface area (Å²) < 4.78 is 0.